The summed E-state index contributed by atoms with van der Waals surface area (Å²) in [5.74, 6) is 1.29. The Balaban J connectivity index is 0.000000186. The number of urea groups is 1. The minimum Gasteiger partial charge on any atom is -0.341 e. The third-order valence-electron chi connectivity index (χ3n) is 7.74. The van der Waals surface area contributed by atoms with E-state index in [-0.39, 0.29) is 23.5 Å². The van der Waals surface area contributed by atoms with E-state index in [1.54, 1.807) is 16.0 Å². The van der Waals surface area contributed by atoms with Crippen molar-refractivity contribution in [1.29, 1.82) is 0 Å². The molecule has 8 nitrogen and oxygen atoms in total. The zero-order valence-electron chi connectivity index (χ0n) is 24.5. The first kappa shape index (κ1) is 29.8. The number of benzene rings is 2. The smallest absolute Gasteiger partial charge is 0.320 e. The van der Waals surface area contributed by atoms with Gasteiger partial charge in [0, 0.05) is 30.6 Å². The van der Waals surface area contributed by atoms with Crippen molar-refractivity contribution in [2.45, 2.75) is 77.3 Å². The van der Waals surface area contributed by atoms with Crippen LogP contribution in [-0.4, -0.2) is 53.9 Å². The quantitative estimate of drug-likeness (QED) is 0.417. The fraction of sp³-hybridized carbons (Fsp3) is 0.484. The van der Waals surface area contributed by atoms with Gasteiger partial charge in [0.25, 0.3) is 0 Å². The van der Waals surface area contributed by atoms with Crippen LogP contribution in [0.25, 0.3) is 5.69 Å². The number of aryl methyl sites for hydroxylation is 1. The highest BCUT2D eigenvalue weighted by atomic mass is 32.2. The van der Waals surface area contributed by atoms with Gasteiger partial charge in [-0.1, -0.05) is 68.8 Å². The molecule has 2 unspecified atom stereocenters. The second kappa shape index (κ2) is 12.1. The largest absolute Gasteiger partial charge is 0.341 e. The van der Waals surface area contributed by atoms with Crippen LogP contribution in [0.3, 0.4) is 0 Å². The van der Waals surface area contributed by atoms with Gasteiger partial charge in [-0.2, -0.15) is 9.40 Å². The third kappa shape index (κ3) is 7.31. The molecule has 2 aliphatic heterocycles. The normalized spacial score (nSPS) is 20.9. The molecular formula is C31H43N5O3S. The Morgan fingerprint density at radius 3 is 2.12 bits per heavy atom. The highest BCUT2D eigenvalue weighted by Crippen LogP contribution is 2.41. The van der Waals surface area contributed by atoms with Crippen LogP contribution < -0.4 is 10.6 Å². The van der Waals surface area contributed by atoms with Crippen molar-refractivity contribution in [2.75, 3.05) is 18.6 Å². The lowest BCUT2D eigenvalue weighted by molar-refractivity contribution is 0.191. The number of carbonyl (C=O) groups is 1. The highest BCUT2D eigenvalue weighted by molar-refractivity contribution is 7.88. The molecule has 9 heteroatoms. The summed E-state index contributed by atoms with van der Waals surface area (Å²) in [6.45, 7) is 8.33. The van der Waals surface area contributed by atoms with E-state index in [1.165, 1.54) is 17.4 Å². The van der Waals surface area contributed by atoms with E-state index in [0.717, 1.165) is 43.5 Å². The first-order valence-corrected chi connectivity index (χ1v) is 15.9. The third-order valence-corrected chi connectivity index (χ3v) is 9.10. The predicted molar refractivity (Wildman–Crippen MR) is 161 cm³/mol. The molecule has 3 heterocycles. The van der Waals surface area contributed by atoms with Gasteiger partial charge in [0.15, 0.2) is 0 Å². The molecule has 216 valence electrons. The predicted octanol–water partition coefficient (Wildman–Crippen LogP) is 5.66. The first-order chi connectivity index (χ1) is 18.8. The topological polar surface area (TPSA) is 96.3 Å². The van der Waals surface area contributed by atoms with Crippen LogP contribution in [0.15, 0.2) is 60.7 Å². The van der Waals surface area contributed by atoms with Gasteiger partial charge in [-0.3, -0.25) is 5.32 Å². The maximum atomic E-state index is 11.8. The van der Waals surface area contributed by atoms with E-state index in [2.05, 4.69) is 60.8 Å². The van der Waals surface area contributed by atoms with E-state index in [9.17, 15) is 13.2 Å². The Morgan fingerprint density at radius 1 is 1.00 bits per heavy atom. The molecule has 3 atom stereocenters. The molecule has 2 aliphatic rings. The van der Waals surface area contributed by atoms with Crippen molar-refractivity contribution >= 4 is 21.9 Å². The van der Waals surface area contributed by atoms with Crippen molar-refractivity contribution in [1.82, 2.24) is 19.4 Å². The van der Waals surface area contributed by atoms with Gasteiger partial charge in [-0.05, 0) is 62.6 Å². The van der Waals surface area contributed by atoms with Crippen LogP contribution in [-0.2, 0) is 21.9 Å². The molecule has 1 aromatic heterocycles. The fourth-order valence-corrected chi connectivity index (χ4v) is 7.27. The van der Waals surface area contributed by atoms with Gasteiger partial charge in [0.2, 0.25) is 10.0 Å². The van der Waals surface area contributed by atoms with Crippen molar-refractivity contribution < 1.29 is 13.2 Å². The summed E-state index contributed by atoms with van der Waals surface area (Å²) in [4.78, 5) is 11.6. The van der Waals surface area contributed by atoms with E-state index < -0.39 is 10.0 Å². The lowest BCUT2D eigenvalue weighted by Crippen LogP contribution is -2.46. The summed E-state index contributed by atoms with van der Waals surface area (Å²) in [7, 11) is -1.43. The van der Waals surface area contributed by atoms with Gasteiger partial charge >= 0.3 is 6.03 Å². The summed E-state index contributed by atoms with van der Waals surface area (Å²) >= 11 is 0. The second-order valence-corrected chi connectivity index (χ2v) is 14.0. The number of nitrogens with zero attached hydrogens (tertiary/aromatic N) is 3. The molecular weight excluding hydrogens is 522 g/mol. The number of piperidine rings is 1. The number of hydrogen-bond acceptors (Lipinski definition) is 4. The van der Waals surface area contributed by atoms with Crippen LogP contribution >= 0.6 is 0 Å². The minimum atomic E-state index is -3.02. The van der Waals surface area contributed by atoms with Gasteiger partial charge in [0.05, 0.1) is 17.6 Å². The van der Waals surface area contributed by atoms with E-state index in [0.29, 0.717) is 11.7 Å². The Bertz CT molecular complexity index is 1380. The zero-order chi connectivity index (χ0) is 29.1. The molecule has 2 saturated heterocycles. The first-order valence-electron chi connectivity index (χ1n) is 14.0. The Morgan fingerprint density at radius 2 is 1.60 bits per heavy atom. The molecule has 2 bridgehead atoms. The summed E-state index contributed by atoms with van der Waals surface area (Å²) in [5.41, 5.74) is 4.31. The van der Waals surface area contributed by atoms with Crippen molar-refractivity contribution in [3.8, 4) is 5.69 Å². The monoisotopic (exact) mass is 565 g/mol. The molecule has 2 N–H and O–H groups in total. The summed E-state index contributed by atoms with van der Waals surface area (Å²) < 4.78 is 27.2. The number of hydrogen-bond donors (Lipinski definition) is 2. The average Bonchev–Trinajstić information content (AvgIpc) is 3.44. The number of nitrogens with one attached hydrogen (secondary N) is 2. The molecule has 2 fully saturated rings. The maximum Gasteiger partial charge on any atom is 0.320 e. The number of amides is 2. The molecule has 0 saturated carbocycles. The molecule has 3 aromatic rings. The van der Waals surface area contributed by atoms with E-state index >= 15 is 0 Å². The van der Waals surface area contributed by atoms with Gasteiger partial charge < -0.3 is 5.32 Å². The minimum absolute atomic E-state index is 0.0882. The second-order valence-electron chi connectivity index (χ2n) is 12.1. The molecule has 0 aliphatic carbocycles. The molecule has 0 spiro atoms. The van der Waals surface area contributed by atoms with Gasteiger partial charge in [0.1, 0.15) is 5.82 Å². The van der Waals surface area contributed by atoms with Crippen molar-refractivity contribution in [3.05, 3.63) is 77.5 Å². The van der Waals surface area contributed by atoms with Crippen LogP contribution in [0.4, 0.5) is 10.6 Å². The van der Waals surface area contributed by atoms with E-state index in [1.807, 2.05) is 43.3 Å². The molecule has 5 rings (SSSR count). The van der Waals surface area contributed by atoms with Crippen LogP contribution in [0.5, 0.6) is 0 Å². The molecule has 2 aromatic carbocycles. The fourth-order valence-electron chi connectivity index (χ4n) is 5.80. The Kier molecular flexibility index (Phi) is 9.05. The number of aromatic nitrogens is 2. The maximum absolute atomic E-state index is 11.8. The van der Waals surface area contributed by atoms with Gasteiger partial charge in [-0.25, -0.2) is 17.9 Å². The van der Waals surface area contributed by atoms with Crippen LogP contribution in [0.1, 0.15) is 63.3 Å². The zero-order valence-corrected chi connectivity index (χ0v) is 25.3. The number of carbonyl (C=O) groups excluding carboxylic acids is 1. The SMILES string of the molecule is CNC(=O)Nc1cc(C(C)(C)C)nn1-c1ccc(C)cc1.CS(=O)(=O)N1C2CC[C@H]1CC(Cc1ccccc1)C2. The number of sulfonamides is 1. The summed E-state index contributed by atoms with van der Waals surface area (Å²) in [5, 5.41) is 10.0. The number of anilines is 1. The Labute approximate surface area is 239 Å². The summed E-state index contributed by atoms with van der Waals surface area (Å²) in [6.07, 6.45) is 6.59. The standard InChI is InChI=1S/C16H22N4O.C15H21NO2S/c1-11-6-8-12(9-7-11)20-14(18-15(21)17-5)10-13(19-20)16(2,3)4;1-19(17,18)16-14-7-8-15(16)11-13(10-14)9-12-5-3-2-4-6-12/h6-10H,1-5H3,(H2,17,18,21);2-6,13-15H,7-11H2,1H3/t;13?,14-,15?/m.0/s1. The van der Waals surface area contributed by atoms with Crippen molar-refractivity contribution in [2.24, 2.45) is 5.92 Å². The highest BCUT2D eigenvalue weighted by Gasteiger charge is 2.44. The molecule has 2 amide bonds. The Hall–Kier alpha value is -3.17. The lowest BCUT2D eigenvalue weighted by atomic mass is 9.87. The average molecular weight is 566 g/mol. The van der Waals surface area contributed by atoms with E-state index in [4.69, 9.17) is 0 Å². The number of fused-ring (bicyclic) bond motifs is 2. The summed E-state index contributed by atoms with van der Waals surface area (Å²) in [6, 6.07) is 20.7. The van der Waals surface area contributed by atoms with Crippen LogP contribution in [0.2, 0.25) is 0 Å². The van der Waals surface area contributed by atoms with Gasteiger partial charge in [-0.15, -0.1) is 0 Å². The number of rotatable bonds is 5. The molecule has 0 radical (unpaired) electrons. The molecule has 40 heavy (non-hydrogen) atoms. The van der Waals surface area contributed by atoms with Crippen molar-refractivity contribution in [3.63, 3.8) is 0 Å². The van der Waals surface area contributed by atoms with Crippen LogP contribution in [0, 0.1) is 12.8 Å². The lowest BCUT2D eigenvalue weighted by Gasteiger charge is -2.37.